The number of pyridine rings is 1. The molecule has 0 spiro atoms. The molecule has 0 saturated heterocycles. The van der Waals surface area contributed by atoms with Crippen LogP contribution in [0, 0.1) is 0 Å². The van der Waals surface area contributed by atoms with Crippen molar-refractivity contribution in [3.63, 3.8) is 0 Å². The third-order valence-electron chi connectivity index (χ3n) is 6.56. The maximum absolute atomic E-state index is 4.62. The van der Waals surface area contributed by atoms with E-state index in [0.29, 0.717) is 0 Å². The number of halogens is 1. The molecule has 3 nitrogen and oxygen atoms in total. The van der Waals surface area contributed by atoms with Gasteiger partial charge in [-0.05, 0) is 51.6 Å². The van der Waals surface area contributed by atoms with Gasteiger partial charge in [0.05, 0.1) is 5.52 Å². The normalized spacial score (nSPS) is 11.7. The van der Waals surface area contributed by atoms with Gasteiger partial charge in [-0.3, -0.25) is 4.40 Å². The van der Waals surface area contributed by atoms with Gasteiger partial charge in [-0.15, -0.1) is 10.2 Å². The largest absolute Gasteiger partial charge is 0.274 e. The molecule has 2 aromatic heterocycles. The monoisotopic (exact) mass is 499 g/mol. The van der Waals surface area contributed by atoms with Crippen molar-refractivity contribution in [2.45, 2.75) is 0 Å². The fourth-order valence-electron chi connectivity index (χ4n) is 4.98. The van der Waals surface area contributed by atoms with Crippen molar-refractivity contribution >= 4 is 54.0 Å². The fraction of sp³-hybridized carbons (Fsp3) is 0. The van der Waals surface area contributed by atoms with E-state index in [9.17, 15) is 0 Å². The molecule has 0 saturated carbocycles. The van der Waals surface area contributed by atoms with E-state index in [-0.39, 0.29) is 0 Å². The van der Waals surface area contributed by atoms with Gasteiger partial charge in [0.1, 0.15) is 0 Å². The second-order valence-corrected chi connectivity index (χ2v) is 9.41. The lowest BCUT2D eigenvalue weighted by molar-refractivity contribution is 1.12. The zero-order valence-corrected chi connectivity index (χ0v) is 19.7. The van der Waals surface area contributed by atoms with E-state index in [1.54, 1.807) is 0 Å². The Morgan fingerprint density at radius 1 is 0.559 bits per heavy atom. The highest BCUT2D eigenvalue weighted by molar-refractivity contribution is 9.10. The molecule has 4 heteroatoms. The van der Waals surface area contributed by atoms with E-state index >= 15 is 0 Å². The number of hydrogen-bond acceptors (Lipinski definition) is 2. The summed E-state index contributed by atoms with van der Waals surface area (Å²) in [6, 6.07) is 38.5. The van der Waals surface area contributed by atoms with Gasteiger partial charge in [0.2, 0.25) is 0 Å². The molecule has 0 unspecified atom stereocenters. The predicted octanol–water partition coefficient (Wildman–Crippen LogP) is 8.29. The molecule has 0 aliphatic carbocycles. The summed E-state index contributed by atoms with van der Waals surface area (Å²) in [7, 11) is 0. The quantitative estimate of drug-likeness (QED) is 0.224. The minimum atomic E-state index is 0.844. The van der Waals surface area contributed by atoms with E-state index < -0.39 is 0 Å². The summed E-state index contributed by atoms with van der Waals surface area (Å²) in [6.45, 7) is 0. The van der Waals surface area contributed by atoms with Crippen LogP contribution in [0.5, 0.6) is 0 Å². The molecule has 34 heavy (non-hydrogen) atoms. The standard InChI is InChI=1S/C30H18BrN3/c31-22-15-12-20(13-16-22)29-32-33-30-26-10-4-3-9-25(26)27-18-21(14-17-28(27)34(29)30)24-11-5-7-19-6-1-2-8-23(19)24/h1-18H. The minimum absolute atomic E-state index is 0.844. The number of aromatic nitrogens is 3. The third kappa shape index (κ3) is 2.89. The van der Waals surface area contributed by atoms with Crippen molar-refractivity contribution in [1.82, 2.24) is 14.6 Å². The van der Waals surface area contributed by atoms with E-state index in [1.165, 1.54) is 32.7 Å². The van der Waals surface area contributed by atoms with Crippen LogP contribution in [-0.2, 0) is 0 Å². The van der Waals surface area contributed by atoms with Crippen molar-refractivity contribution < 1.29 is 0 Å². The van der Waals surface area contributed by atoms with E-state index in [2.05, 4.69) is 128 Å². The lowest BCUT2D eigenvalue weighted by Gasteiger charge is -2.13. The first kappa shape index (κ1) is 19.4. The zero-order chi connectivity index (χ0) is 22.6. The molecule has 5 aromatic carbocycles. The summed E-state index contributed by atoms with van der Waals surface area (Å²) in [6.07, 6.45) is 0. The Kier molecular flexibility index (Phi) is 4.29. The summed E-state index contributed by atoms with van der Waals surface area (Å²) in [5.74, 6) is 0.844. The molecule has 0 radical (unpaired) electrons. The van der Waals surface area contributed by atoms with Gasteiger partial charge >= 0.3 is 0 Å². The first-order valence-electron chi connectivity index (χ1n) is 11.2. The van der Waals surface area contributed by atoms with Gasteiger partial charge in [-0.25, -0.2) is 0 Å². The summed E-state index contributed by atoms with van der Waals surface area (Å²) in [5.41, 5.74) is 5.44. The SMILES string of the molecule is Brc1ccc(-c2nnc3c4ccccc4c4cc(-c5cccc6ccccc56)ccc4n23)cc1. The Bertz CT molecular complexity index is 1860. The number of nitrogens with zero attached hydrogens (tertiary/aromatic N) is 3. The second-order valence-electron chi connectivity index (χ2n) is 8.49. The molecule has 7 rings (SSSR count). The Morgan fingerprint density at radius 3 is 2.12 bits per heavy atom. The Balaban J connectivity index is 1.58. The van der Waals surface area contributed by atoms with Crippen molar-refractivity contribution in [2.75, 3.05) is 0 Å². The van der Waals surface area contributed by atoms with Gasteiger partial charge < -0.3 is 0 Å². The first-order valence-corrected chi connectivity index (χ1v) is 12.0. The highest BCUT2D eigenvalue weighted by Crippen LogP contribution is 2.36. The Labute approximate surface area is 204 Å². The van der Waals surface area contributed by atoms with Crippen LogP contribution in [0.15, 0.2) is 114 Å². The van der Waals surface area contributed by atoms with Gasteiger partial charge in [0, 0.05) is 20.8 Å². The lowest BCUT2D eigenvalue weighted by atomic mass is 9.96. The summed E-state index contributed by atoms with van der Waals surface area (Å²) in [5, 5.41) is 15.2. The van der Waals surface area contributed by atoms with Crippen LogP contribution in [-0.4, -0.2) is 14.6 Å². The highest BCUT2D eigenvalue weighted by atomic mass is 79.9. The molecule has 0 aliphatic heterocycles. The smallest absolute Gasteiger partial charge is 0.169 e. The van der Waals surface area contributed by atoms with Gasteiger partial charge in [0.25, 0.3) is 0 Å². The van der Waals surface area contributed by atoms with Crippen LogP contribution < -0.4 is 0 Å². The number of rotatable bonds is 2. The van der Waals surface area contributed by atoms with Crippen molar-refractivity contribution in [3.8, 4) is 22.5 Å². The van der Waals surface area contributed by atoms with Gasteiger partial charge in [-0.1, -0.05) is 101 Å². The molecular formula is C30H18BrN3. The van der Waals surface area contributed by atoms with Crippen LogP contribution in [0.3, 0.4) is 0 Å². The van der Waals surface area contributed by atoms with Crippen LogP contribution in [0.2, 0.25) is 0 Å². The number of fused-ring (bicyclic) bond motifs is 7. The minimum Gasteiger partial charge on any atom is -0.274 e. The maximum atomic E-state index is 4.62. The second kappa shape index (κ2) is 7.51. The van der Waals surface area contributed by atoms with Crippen molar-refractivity contribution in [2.24, 2.45) is 0 Å². The van der Waals surface area contributed by atoms with Crippen LogP contribution >= 0.6 is 15.9 Å². The topological polar surface area (TPSA) is 30.2 Å². The fourth-order valence-corrected chi connectivity index (χ4v) is 5.24. The first-order chi connectivity index (χ1) is 16.8. The average molecular weight is 500 g/mol. The van der Waals surface area contributed by atoms with Gasteiger partial charge in [0.15, 0.2) is 11.5 Å². The molecule has 0 bridgehead atoms. The summed E-state index contributed by atoms with van der Waals surface area (Å²) < 4.78 is 3.23. The average Bonchev–Trinajstić information content (AvgIpc) is 3.34. The van der Waals surface area contributed by atoms with Crippen LogP contribution in [0.25, 0.3) is 60.6 Å². The highest BCUT2D eigenvalue weighted by Gasteiger charge is 2.16. The summed E-state index contributed by atoms with van der Waals surface area (Å²) >= 11 is 3.54. The van der Waals surface area contributed by atoms with E-state index in [1.807, 2.05) is 12.1 Å². The molecule has 0 atom stereocenters. The molecule has 0 N–H and O–H groups in total. The molecule has 0 fully saturated rings. The molecular weight excluding hydrogens is 482 g/mol. The zero-order valence-electron chi connectivity index (χ0n) is 18.1. The molecule has 0 aliphatic rings. The Morgan fingerprint density at radius 2 is 1.26 bits per heavy atom. The Hall–Kier alpha value is -4.02. The summed E-state index contributed by atoms with van der Waals surface area (Å²) in [4.78, 5) is 0. The van der Waals surface area contributed by atoms with Crippen LogP contribution in [0.1, 0.15) is 0 Å². The third-order valence-corrected chi connectivity index (χ3v) is 7.09. The van der Waals surface area contributed by atoms with E-state index in [4.69, 9.17) is 0 Å². The number of hydrogen-bond donors (Lipinski definition) is 0. The van der Waals surface area contributed by atoms with Crippen LogP contribution in [0.4, 0.5) is 0 Å². The van der Waals surface area contributed by atoms with Gasteiger partial charge in [-0.2, -0.15) is 0 Å². The molecule has 0 amide bonds. The molecule has 160 valence electrons. The van der Waals surface area contributed by atoms with Crippen molar-refractivity contribution in [3.05, 3.63) is 114 Å². The maximum Gasteiger partial charge on any atom is 0.169 e. The molecule has 7 aromatic rings. The van der Waals surface area contributed by atoms with Crippen molar-refractivity contribution in [1.29, 1.82) is 0 Å². The predicted molar refractivity (Wildman–Crippen MR) is 144 cm³/mol. The van der Waals surface area contributed by atoms with E-state index in [0.717, 1.165) is 32.4 Å². The number of benzene rings is 5. The molecule has 2 heterocycles. The lowest BCUT2D eigenvalue weighted by Crippen LogP contribution is -1.95.